The fraction of sp³-hybridized carbons (Fsp3) is 0.500. The van der Waals surface area contributed by atoms with E-state index in [1.54, 1.807) is 24.3 Å². The molecule has 2 unspecified atom stereocenters. The van der Waals surface area contributed by atoms with Crippen molar-refractivity contribution in [1.82, 2.24) is 0 Å². The highest BCUT2D eigenvalue weighted by molar-refractivity contribution is 5.77. The summed E-state index contributed by atoms with van der Waals surface area (Å²) in [6, 6.07) is 6.93. The van der Waals surface area contributed by atoms with Crippen LogP contribution in [-0.4, -0.2) is 37.5 Å². The van der Waals surface area contributed by atoms with E-state index in [4.69, 9.17) is 9.47 Å². The van der Waals surface area contributed by atoms with Gasteiger partial charge in [-0.25, -0.2) is 4.79 Å². The van der Waals surface area contributed by atoms with Crippen LogP contribution in [0.15, 0.2) is 24.3 Å². The van der Waals surface area contributed by atoms with Gasteiger partial charge in [-0.2, -0.15) is 0 Å². The Balaban J connectivity index is 2.13. The number of aliphatic hydroxyl groups is 1. The van der Waals surface area contributed by atoms with Crippen LogP contribution in [0.5, 0.6) is 5.75 Å². The Bertz CT molecular complexity index is 426. The van der Waals surface area contributed by atoms with E-state index in [0.29, 0.717) is 17.9 Å². The van der Waals surface area contributed by atoms with Crippen molar-refractivity contribution in [3.63, 3.8) is 0 Å². The Labute approximate surface area is 112 Å². The van der Waals surface area contributed by atoms with E-state index in [9.17, 15) is 9.90 Å². The summed E-state index contributed by atoms with van der Waals surface area (Å²) >= 11 is 0. The van der Waals surface area contributed by atoms with Crippen LogP contribution in [0.1, 0.15) is 24.5 Å². The lowest BCUT2D eigenvalue weighted by Gasteiger charge is -2.25. The van der Waals surface area contributed by atoms with E-state index in [1.165, 1.54) is 7.11 Å². The number of carbonyl (C=O) groups excluding carboxylic acids is 1. The monoisotopic (exact) mass is 266 g/mol. The van der Waals surface area contributed by atoms with Gasteiger partial charge in [0.15, 0.2) is 6.10 Å². The number of ether oxygens (including phenoxy) is 3. The predicted octanol–water partition coefficient (Wildman–Crippen LogP) is 1.45. The molecule has 1 N–H and O–H groups in total. The number of esters is 1. The molecule has 5 nitrogen and oxygen atoms in total. The third kappa shape index (κ3) is 3.45. The number of hydrogen-bond acceptors (Lipinski definition) is 5. The van der Waals surface area contributed by atoms with Crippen LogP contribution in [-0.2, 0) is 14.3 Å². The molecule has 0 aromatic heterocycles. The van der Waals surface area contributed by atoms with E-state index in [-0.39, 0.29) is 6.10 Å². The Morgan fingerprint density at radius 2 is 2.26 bits per heavy atom. The maximum atomic E-state index is 11.4. The van der Waals surface area contributed by atoms with Crippen molar-refractivity contribution in [2.24, 2.45) is 0 Å². The molecule has 1 heterocycles. The van der Waals surface area contributed by atoms with E-state index < -0.39 is 12.1 Å². The van der Waals surface area contributed by atoms with Crippen molar-refractivity contribution < 1.29 is 24.1 Å². The van der Waals surface area contributed by atoms with Crippen molar-refractivity contribution in [3.8, 4) is 5.75 Å². The molecule has 1 aliphatic heterocycles. The van der Waals surface area contributed by atoms with Gasteiger partial charge < -0.3 is 19.3 Å². The van der Waals surface area contributed by atoms with E-state index >= 15 is 0 Å². The number of methoxy groups -OCH3 is 1. The second-order valence-corrected chi connectivity index (χ2v) is 4.42. The minimum atomic E-state index is -1.33. The largest absolute Gasteiger partial charge is 0.488 e. The Morgan fingerprint density at radius 3 is 2.95 bits per heavy atom. The highest BCUT2D eigenvalue weighted by atomic mass is 16.5. The van der Waals surface area contributed by atoms with Crippen LogP contribution < -0.4 is 4.74 Å². The summed E-state index contributed by atoms with van der Waals surface area (Å²) in [6.45, 7) is 1.29. The quantitative estimate of drug-likeness (QED) is 0.836. The van der Waals surface area contributed by atoms with Crippen molar-refractivity contribution in [1.29, 1.82) is 0 Å². The molecule has 1 aromatic carbocycles. The molecule has 2 atom stereocenters. The first kappa shape index (κ1) is 13.8. The van der Waals surface area contributed by atoms with Crippen molar-refractivity contribution in [2.45, 2.75) is 25.0 Å². The molecule has 19 heavy (non-hydrogen) atoms. The van der Waals surface area contributed by atoms with Crippen molar-refractivity contribution in [2.75, 3.05) is 20.3 Å². The average Bonchev–Trinajstić information content (AvgIpc) is 2.47. The molecule has 1 aliphatic rings. The lowest BCUT2D eigenvalue weighted by molar-refractivity contribution is -0.150. The second kappa shape index (κ2) is 6.54. The van der Waals surface area contributed by atoms with Gasteiger partial charge in [-0.1, -0.05) is 18.2 Å². The van der Waals surface area contributed by atoms with Gasteiger partial charge in [-0.3, -0.25) is 0 Å². The van der Waals surface area contributed by atoms with Gasteiger partial charge in [0.25, 0.3) is 0 Å². The van der Waals surface area contributed by atoms with Crippen LogP contribution in [0, 0.1) is 0 Å². The van der Waals surface area contributed by atoms with Crippen LogP contribution in [0.4, 0.5) is 0 Å². The Hall–Kier alpha value is -1.59. The number of para-hydroxylation sites is 1. The highest BCUT2D eigenvalue weighted by Crippen LogP contribution is 2.27. The minimum absolute atomic E-state index is 0.0419. The summed E-state index contributed by atoms with van der Waals surface area (Å²) in [6.07, 6.45) is 0.486. The van der Waals surface area contributed by atoms with Crippen LogP contribution in [0.3, 0.4) is 0 Å². The topological polar surface area (TPSA) is 65.0 Å². The van der Waals surface area contributed by atoms with Gasteiger partial charge in [0.05, 0.1) is 13.7 Å². The molecule has 1 saturated heterocycles. The van der Waals surface area contributed by atoms with E-state index in [2.05, 4.69) is 4.74 Å². The molecule has 104 valence electrons. The van der Waals surface area contributed by atoms with E-state index in [0.717, 1.165) is 19.4 Å². The Morgan fingerprint density at radius 1 is 1.47 bits per heavy atom. The number of aliphatic hydroxyl groups excluding tert-OH is 1. The van der Waals surface area contributed by atoms with Crippen LogP contribution >= 0.6 is 0 Å². The normalized spacial score (nSPS) is 20.6. The smallest absolute Gasteiger partial charge is 0.339 e. The van der Waals surface area contributed by atoms with Gasteiger partial charge in [0.2, 0.25) is 0 Å². The van der Waals surface area contributed by atoms with Gasteiger partial charge >= 0.3 is 5.97 Å². The minimum Gasteiger partial charge on any atom is -0.488 e. The molecule has 0 radical (unpaired) electrons. The molecule has 0 amide bonds. The molecule has 2 rings (SSSR count). The molecule has 0 saturated carbocycles. The fourth-order valence-corrected chi connectivity index (χ4v) is 2.04. The van der Waals surface area contributed by atoms with Crippen molar-refractivity contribution >= 4 is 5.97 Å². The maximum Gasteiger partial charge on any atom is 0.339 e. The number of carbonyl (C=O) groups is 1. The number of rotatable bonds is 4. The zero-order valence-corrected chi connectivity index (χ0v) is 10.9. The highest BCUT2D eigenvalue weighted by Gasteiger charge is 2.24. The van der Waals surface area contributed by atoms with Crippen LogP contribution in [0.2, 0.25) is 0 Å². The van der Waals surface area contributed by atoms with E-state index in [1.807, 2.05) is 0 Å². The standard InChI is InChI=1S/C14H18O5/c1-17-14(16)13(15)11-6-2-3-7-12(11)19-10-5-4-8-18-9-10/h2-3,6-7,10,13,15H,4-5,8-9H2,1H3. The maximum absolute atomic E-state index is 11.4. The summed E-state index contributed by atoms with van der Waals surface area (Å²) in [5.74, 6) is -0.202. The Kier molecular flexibility index (Phi) is 4.76. The average molecular weight is 266 g/mol. The third-order valence-corrected chi connectivity index (χ3v) is 3.05. The summed E-state index contributed by atoms with van der Waals surface area (Å²) in [5, 5.41) is 9.91. The molecule has 5 heteroatoms. The van der Waals surface area contributed by atoms with Gasteiger partial charge in [0.1, 0.15) is 11.9 Å². The molecular formula is C14H18O5. The molecule has 0 bridgehead atoms. The molecule has 0 aliphatic carbocycles. The molecule has 0 spiro atoms. The number of benzene rings is 1. The van der Waals surface area contributed by atoms with Gasteiger partial charge in [-0.05, 0) is 18.9 Å². The lowest BCUT2D eigenvalue weighted by atomic mass is 10.1. The van der Waals surface area contributed by atoms with Crippen molar-refractivity contribution in [3.05, 3.63) is 29.8 Å². The summed E-state index contributed by atoms with van der Waals surface area (Å²) in [7, 11) is 1.24. The van der Waals surface area contributed by atoms with Crippen LogP contribution in [0.25, 0.3) is 0 Å². The molecule has 1 aromatic rings. The first-order valence-electron chi connectivity index (χ1n) is 6.31. The third-order valence-electron chi connectivity index (χ3n) is 3.05. The first-order chi connectivity index (χ1) is 9.22. The summed E-state index contributed by atoms with van der Waals surface area (Å²) in [4.78, 5) is 11.4. The summed E-state index contributed by atoms with van der Waals surface area (Å²) < 4.78 is 15.7. The molecular weight excluding hydrogens is 248 g/mol. The zero-order chi connectivity index (χ0) is 13.7. The lowest BCUT2D eigenvalue weighted by Crippen LogP contribution is -2.28. The summed E-state index contributed by atoms with van der Waals surface area (Å²) in [5.41, 5.74) is 0.417. The fourth-order valence-electron chi connectivity index (χ4n) is 2.04. The van der Waals surface area contributed by atoms with Gasteiger partial charge in [0, 0.05) is 12.2 Å². The SMILES string of the molecule is COC(=O)C(O)c1ccccc1OC1CCCOC1. The first-order valence-corrected chi connectivity index (χ1v) is 6.31. The molecule has 1 fully saturated rings. The zero-order valence-electron chi connectivity index (χ0n) is 10.9. The predicted molar refractivity (Wildman–Crippen MR) is 67.9 cm³/mol. The van der Waals surface area contributed by atoms with Gasteiger partial charge in [-0.15, -0.1) is 0 Å². The second-order valence-electron chi connectivity index (χ2n) is 4.42. The number of hydrogen-bond donors (Lipinski definition) is 1.